The molecule has 1 amide bonds. The molecule has 1 aliphatic rings. The minimum atomic E-state index is -0.524. The Bertz CT molecular complexity index is 1070. The Kier molecular flexibility index (Phi) is 8.67. The van der Waals surface area contributed by atoms with E-state index in [1.807, 2.05) is 37.3 Å². The highest BCUT2D eigenvalue weighted by Crippen LogP contribution is 2.20. The smallest absolute Gasteiger partial charge is 0.330 e. The predicted molar refractivity (Wildman–Crippen MR) is 132 cm³/mol. The van der Waals surface area contributed by atoms with Crippen LogP contribution >= 0.6 is 0 Å². The van der Waals surface area contributed by atoms with E-state index in [1.54, 1.807) is 24.0 Å². The van der Waals surface area contributed by atoms with Gasteiger partial charge in [0.15, 0.2) is 0 Å². The Morgan fingerprint density at radius 1 is 1.06 bits per heavy atom. The molecule has 0 radical (unpaired) electrons. The van der Waals surface area contributed by atoms with E-state index < -0.39 is 5.97 Å². The van der Waals surface area contributed by atoms with Crippen molar-refractivity contribution in [1.29, 1.82) is 0 Å². The number of nitrogens with two attached hydrogens (primary N) is 1. The van der Waals surface area contributed by atoms with Crippen LogP contribution in [0.15, 0.2) is 59.6 Å². The molecule has 2 aromatic carbocycles. The Labute approximate surface area is 200 Å². The number of hydrogen-bond donors (Lipinski definition) is 2. The van der Waals surface area contributed by atoms with E-state index in [9.17, 15) is 14.7 Å². The number of amides is 1. The molecule has 1 saturated heterocycles. The Hall–Kier alpha value is -3.81. The van der Waals surface area contributed by atoms with Gasteiger partial charge < -0.3 is 25.4 Å². The van der Waals surface area contributed by atoms with Crippen LogP contribution in [-0.4, -0.2) is 65.4 Å². The zero-order valence-electron chi connectivity index (χ0n) is 19.7. The van der Waals surface area contributed by atoms with Crippen molar-refractivity contribution in [2.24, 2.45) is 4.99 Å². The van der Waals surface area contributed by atoms with E-state index in [2.05, 4.69) is 4.90 Å². The van der Waals surface area contributed by atoms with Crippen molar-refractivity contribution in [1.82, 2.24) is 9.80 Å². The van der Waals surface area contributed by atoms with Crippen LogP contribution in [0, 0.1) is 6.92 Å². The molecule has 8 heteroatoms. The molecule has 180 valence electrons. The van der Waals surface area contributed by atoms with Gasteiger partial charge in [0.1, 0.15) is 11.6 Å². The normalized spacial score (nSPS) is 14.5. The first-order valence-corrected chi connectivity index (χ1v) is 11.4. The first-order chi connectivity index (χ1) is 16.4. The van der Waals surface area contributed by atoms with Gasteiger partial charge >= 0.3 is 5.97 Å². The monoisotopic (exact) mass is 464 g/mol. The van der Waals surface area contributed by atoms with Gasteiger partial charge in [0.25, 0.3) is 0 Å². The molecule has 1 heterocycles. The number of aliphatic imine (C=N–C) groups is 1. The molecule has 1 fully saturated rings. The summed E-state index contributed by atoms with van der Waals surface area (Å²) in [5, 5.41) is 10.1. The van der Waals surface area contributed by atoms with Gasteiger partial charge in [-0.25, -0.2) is 4.79 Å². The van der Waals surface area contributed by atoms with Crippen molar-refractivity contribution < 1.29 is 19.4 Å². The van der Waals surface area contributed by atoms with Gasteiger partial charge in [0, 0.05) is 56.0 Å². The van der Waals surface area contributed by atoms with Crippen molar-refractivity contribution in [2.75, 3.05) is 38.5 Å². The van der Waals surface area contributed by atoms with Gasteiger partial charge in [0.05, 0.1) is 13.2 Å². The average molecular weight is 465 g/mol. The van der Waals surface area contributed by atoms with E-state index in [4.69, 9.17) is 15.5 Å². The number of carbonyl (C=O) groups is 2. The zero-order chi connectivity index (χ0) is 24.5. The fourth-order valence-corrected chi connectivity index (χ4v) is 3.75. The van der Waals surface area contributed by atoms with Gasteiger partial charge in [-0.3, -0.25) is 9.79 Å². The van der Waals surface area contributed by atoms with Crippen LogP contribution < -0.4 is 5.73 Å². The van der Waals surface area contributed by atoms with Crippen LogP contribution in [0.4, 0.5) is 5.69 Å². The minimum absolute atomic E-state index is 0.212. The molecule has 0 spiro atoms. The summed E-state index contributed by atoms with van der Waals surface area (Å²) in [5.41, 5.74) is 9.80. The Balaban J connectivity index is 1.72. The molecule has 3 rings (SSSR count). The number of anilines is 1. The lowest BCUT2D eigenvalue weighted by atomic mass is 10.1. The van der Waals surface area contributed by atoms with Crippen LogP contribution in [-0.2, 0) is 27.3 Å². The fraction of sp³-hybridized carbons (Fsp3) is 0.346. The molecule has 0 unspecified atom stereocenters. The summed E-state index contributed by atoms with van der Waals surface area (Å²) in [5.74, 6) is 0.323. The van der Waals surface area contributed by atoms with E-state index in [-0.39, 0.29) is 18.3 Å². The molecular formula is C26H32N4O4. The molecule has 8 nitrogen and oxygen atoms in total. The number of phenolic OH excluding ortho intramolecular Hbond substituents is 1. The fourth-order valence-electron chi connectivity index (χ4n) is 3.75. The molecule has 0 bridgehead atoms. The number of phenols is 1. The van der Waals surface area contributed by atoms with E-state index in [0.717, 1.165) is 28.6 Å². The number of carbonyl (C=O) groups excluding carboxylic acids is 2. The third kappa shape index (κ3) is 6.84. The summed E-state index contributed by atoms with van der Waals surface area (Å²) in [7, 11) is 0. The van der Waals surface area contributed by atoms with Crippen LogP contribution in [0.1, 0.15) is 23.6 Å². The van der Waals surface area contributed by atoms with Crippen molar-refractivity contribution in [3.8, 4) is 5.75 Å². The quantitative estimate of drug-likeness (QED) is 0.214. The van der Waals surface area contributed by atoms with E-state index in [0.29, 0.717) is 44.8 Å². The molecule has 2 aromatic rings. The maximum atomic E-state index is 12.4. The second kappa shape index (κ2) is 11.9. The number of nitrogens with zero attached hydrogens (tertiary/aromatic N) is 3. The summed E-state index contributed by atoms with van der Waals surface area (Å²) in [6.07, 6.45) is 2.97. The highest BCUT2D eigenvalue weighted by atomic mass is 16.5. The minimum Gasteiger partial charge on any atom is -0.508 e. The lowest BCUT2D eigenvalue weighted by Crippen LogP contribution is -2.50. The van der Waals surface area contributed by atoms with Gasteiger partial charge in [-0.1, -0.05) is 30.3 Å². The zero-order valence-corrected chi connectivity index (χ0v) is 19.7. The Morgan fingerprint density at radius 3 is 2.44 bits per heavy atom. The third-order valence-electron chi connectivity index (χ3n) is 5.68. The van der Waals surface area contributed by atoms with Crippen LogP contribution in [0.3, 0.4) is 0 Å². The summed E-state index contributed by atoms with van der Waals surface area (Å²) in [4.78, 5) is 32.6. The number of para-hydroxylation sites is 1. The number of benzene rings is 2. The van der Waals surface area contributed by atoms with Crippen molar-refractivity contribution in [2.45, 2.75) is 26.8 Å². The first-order valence-electron chi connectivity index (χ1n) is 11.4. The second-order valence-electron chi connectivity index (χ2n) is 8.14. The van der Waals surface area contributed by atoms with Gasteiger partial charge in [-0.2, -0.15) is 0 Å². The number of ether oxygens (including phenoxy) is 1. The van der Waals surface area contributed by atoms with Gasteiger partial charge in [-0.05, 0) is 37.1 Å². The molecule has 0 aliphatic carbocycles. The van der Waals surface area contributed by atoms with Crippen molar-refractivity contribution in [3.05, 3.63) is 71.3 Å². The molecular weight excluding hydrogens is 432 g/mol. The van der Waals surface area contributed by atoms with Crippen LogP contribution in [0.2, 0.25) is 0 Å². The molecule has 0 saturated carbocycles. The number of nitrogen functional groups attached to an aromatic ring is 1. The van der Waals surface area contributed by atoms with E-state index in [1.165, 1.54) is 6.08 Å². The molecule has 0 aromatic heterocycles. The number of rotatable bonds is 7. The molecule has 0 atom stereocenters. The number of piperazine rings is 1. The maximum Gasteiger partial charge on any atom is 0.330 e. The summed E-state index contributed by atoms with van der Waals surface area (Å²) in [6.45, 7) is 6.54. The maximum absolute atomic E-state index is 12.4. The van der Waals surface area contributed by atoms with Crippen LogP contribution in [0.25, 0.3) is 0 Å². The van der Waals surface area contributed by atoms with Gasteiger partial charge in [-0.15, -0.1) is 0 Å². The molecule has 1 aliphatic heterocycles. The number of hydrogen-bond acceptors (Lipinski definition) is 6. The number of esters is 1. The standard InChI is InChI=1S/C26H32N4O4/c1-3-34-26(33)11-10-25(32)30-14-12-29(13-15-30)24(17-20-9-8-19(2)16-22(20)27)28-18-21-6-4-5-7-23(21)31/h4-11,16,31H,3,12-15,17-18,27H2,1-2H3/b11-10+,28-24?. The largest absolute Gasteiger partial charge is 0.508 e. The lowest BCUT2D eigenvalue weighted by molar-refractivity contribution is -0.137. The van der Waals surface area contributed by atoms with Crippen molar-refractivity contribution >= 4 is 23.4 Å². The molecule has 3 N–H and O–H groups in total. The second-order valence-corrected chi connectivity index (χ2v) is 8.14. The highest BCUT2D eigenvalue weighted by Gasteiger charge is 2.23. The van der Waals surface area contributed by atoms with E-state index >= 15 is 0 Å². The summed E-state index contributed by atoms with van der Waals surface area (Å²) >= 11 is 0. The molecule has 34 heavy (non-hydrogen) atoms. The summed E-state index contributed by atoms with van der Waals surface area (Å²) < 4.78 is 4.82. The van der Waals surface area contributed by atoms with Gasteiger partial charge in [0.2, 0.25) is 5.91 Å². The average Bonchev–Trinajstić information content (AvgIpc) is 2.83. The van der Waals surface area contributed by atoms with Crippen molar-refractivity contribution in [3.63, 3.8) is 0 Å². The number of amidine groups is 1. The number of aryl methyl sites for hydroxylation is 1. The van der Waals surface area contributed by atoms with Crippen LogP contribution in [0.5, 0.6) is 5.75 Å². The third-order valence-corrected chi connectivity index (χ3v) is 5.68. The predicted octanol–water partition coefficient (Wildman–Crippen LogP) is 2.69. The SMILES string of the molecule is CCOC(=O)/C=C/C(=O)N1CCN(C(Cc2ccc(C)cc2N)=NCc2ccccc2O)CC1. The number of aromatic hydroxyl groups is 1. The lowest BCUT2D eigenvalue weighted by Gasteiger charge is -2.36. The first kappa shape index (κ1) is 24.8. The Morgan fingerprint density at radius 2 is 1.76 bits per heavy atom. The topological polar surface area (TPSA) is 108 Å². The summed E-state index contributed by atoms with van der Waals surface area (Å²) in [6, 6.07) is 13.1. The highest BCUT2D eigenvalue weighted by molar-refractivity contribution is 5.94.